The maximum Gasteiger partial charge on any atom is 0.337 e. The number of aryl methyl sites for hydroxylation is 2. The first-order valence-corrected chi connectivity index (χ1v) is 31.2. The monoisotopic (exact) mass is 1380 g/mol. The Hall–Kier alpha value is -13.3. The van der Waals surface area contributed by atoms with Gasteiger partial charge in [0.15, 0.2) is 23.2 Å². The number of carbonyl (C=O) groups excluding carboxylic acids is 1. The average Bonchev–Trinajstić information content (AvgIpc) is 0.864. The summed E-state index contributed by atoms with van der Waals surface area (Å²) >= 11 is 0. The molecule has 0 spiro atoms. The molecule has 8 rings (SSSR count). The molecule has 0 saturated carbocycles. The zero-order valence-electron chi connectivity index (χ0n) is 61.1. The normalized spacial score (nSPS) is 8.06. The van der Waals surface area contributed by atoms with E-state index in [1.807, 2.05) is 95.3 Å². The fraction of sp³-hybridized carbons (Fsp3) is 0.194. The summed E-state index contributed by atoms with van der Waals surface area (Å²) in [7, 11) is 4.30. The van der Waals surface area contributed by atoms with E-state index in [2.05, 4.69) is 216 Å². The fourth-order valence-electron chi connectivity index (χ4n) is 7.63. The molecule has 0 N–H and O–H groups in total. The first-order chi connectivity index (χ1) is 49.8. The highest BCUT2D eigenvalue weighted by atomic mass is 19.2. The second-order valence-electron chi connectivity index (χ2n) is 19.4. The highest BCUT2D eigenvalue weighted by Gasteiger charge is 2.13. The van der Waals surface area contributed by atoms with Gasteiger partial charge in [-0.1, -0.05) is 108 Å². The number of hydrogen-bond donors (Lipinski definition) is 0. The van der Waals surface area contributed by atoms with Crippen molar-refractivity contribution < 1.29 is 45.3 Å². The third-order valence-electron chi connectivity index (χ3n) is 12.1. The molecule has 0 fully saturated rings. The third kappa shape index (κ3) is 37.9. The van der Waals surface area contributed by atoms with Crippen molar-refractivity contribution in [2.45, 2.75) is 103 Å². The Labute approximate surface area is 610 Å². The lowest BCUT2D eigenvalue weighted by atomic mass is 10.1. The second-order valence-corrected chi connectivity index (χ2v) is 19.4. The highest BCUT2D eigenvalue weighted by molar-refractivity contribution is 5.89. The number of terminal acetylenes is 2. The Morgan fingerprint density at radius 3 is 0.951 bits per heavy atom. The van der Waals surface area contributed by atoms with Gasteiger partial charge in [0, 0.05) is 38.9 Å². The Morgan fingerprint density at radius 2 is 0.641 bits per heavy atom. The number of methoxy groups -OCH3 is 3. The van der Waals surface area contributed by atoms with Gasteiger partial charge in [0.1, 0.15) is 17.4 Å². The molecule has 8 aromatic rings. The predicted octanol–water partition coefficient (Wildman–Crippen LogP) is 20.0. The van der Waals surface area contributed by atoms with E-state index in [0.29, 0.717) is 11.1 Å². The van der Waals surface area contributed by atoms with E-state index in [-0.39, 0.29) is 34.0 Å². The van der Waals surface area contributed by atoms with Gasteiger partial charge in [-0.05, 0) is 229 Å². The molecule has 0 radical (unpaired) electrons. The largest absolute Gasteiger partial charge is 0.497 e. The van der Waals surface area contributed by atoms with Gasteiger partial charge < -0.3 is 14.2 Å². The molecule has 10 heteroatoms. The van der Waals surface area contributed by atoms with Gasteiger partial charge >= 0.3 is 5.97 Å². The number of hydrogen-bond acceptors (Lipinski definition) is 4. The molecular formula is C93H82F6O4. The molecule has 0 amide bonds. The van der Waals surface area contributed by atoms with Crippen LogP contribution < -0.4 is 9.47 Å². The molecule has 0 saturated heterocycles. The maximum atomic E-state index is 13.2. The van der Waals surface area contributed by atoms with Crippen molar-refractivity contribution in [1.29, 1.82) is 0 Å². The van der Waals surface area contributed by atoms with Gasteiger partial charge in [0.25, 0.3) is 0 Å². The van der Waals surface area contributed by atoms with Crippen LogP contribution in [0.15, 0.2) is 158 Å². The molecule has 0 unspecified atom stereocenters. The number of esters is 1. The Kier molecular flexibility index (Phi) is 51.4. The van der Waals surface area contributed by atoms with Crippen molar-refractivity contribution in [3.8, 4) is 167 Å². The predicted molar refractivity (Wildman–Crippen MR) is 412 cm³/mol. The van der Waals surface area contributed by atoms with Crippen LogP contribution in [0.3, 0.4) is 0 Å². The van der Waals surface area contributed by atoms with Crippen molar-refractivity contribution in [2.75, 3.05) is 21.3 Å². The van der Waals surface area contributed by atoms with Crippen LogP contribution >= 0.6 is 0 Å². The molecule has 520 valence electrons. The smallest absolute Gasteiger partial charge is 0.337 e. The third-order valence-corrected chi connectivity index (χ3v) is 12.1. The first-order valence-electron chi connectivity index (χ1n) is 31.2. The molecule has 0 atom stereocenters. The van der Waals surface area contributed by atoms with E-state index in [9.17, 15) is 31.1 Å². The number of benzene rings is 8. The van der Waals surface area contributed by atoms with Crippen LogP contribution in [-0.4, -0.2) is 27.3 Å². The average molecular weight is 1380 g/mol. The van der Waals surface area contributed by atoms with Gasteiger partial charge in [-0.25, -0.2) is 26.7 Å². The van der Waals surface area contributed by atoms with Gasteiger partial charge in [-0.3, -0.25) is 0 Å². The van der Waals surface area contributed by atoms with Crippen LogP contribution in [0.5, 0.6) is 11.5 Å². The summed E-state index contributed by atoms with van der Waals surface area (Å²) in [5, 5.41) is 0. The number of carbonyl (C=O) groups is 1. The summed E-state index contributed by atoms with van der Waals surface area (Å²) in [6.45, 7) is 23.1. The molecule has 0 heterocycles. The molecule has 0 bridgehead atoms. The molecule has 4 nitrogen and oxygen atoms in total. The van der Waals surface area contributed by atoms with E-state index in [0.717, 1.165) is 39.1 Å². The van der Waals surface area contributed by atoms with Crippen LogP contribution in [0.2, 0.25) is 0 Å². The number of rotatable bonds is 5. The summed E-state index contributed by atoms with van der Waals surface area (Å²) in [5.41, 5.74) is 9.72. The molecule has 0 aliphatic rings. The van der Waals surface area contributed by atoms with E-state index >= 15 is 0 Å². The molecule has 103 heavy (non-hydrogen) atoms. The summed E-state index contributed by atoms with van der Waals surface area (Å²) in [6.07, 6.45) is 18.4. The molecule has 0 aliphatic carbocycles. The quantitative estimate of drug-likeness (QED) is 0.0979. The lowest BCUT2D eigenvalue weighted by Crippen LogP contribution is -2.00. The van der Waals surface area contributed by atoms with E-state index in [4.69, 9.17) is 4.74 Å². The van der Waals surface area contributed by atoms with Crippen LogP contribution in [0.25, 0.3) is 0 Å². The van der Waals surface area contributed by atoms with Crippen LogP contribution in [-0.2, 0) is 11.2 Å². The second kappa shape index (κ2) is 57.7. The van der Waals surface area contributed by atoms with E-state index in [1.54, 1.807) is 66.0 Å². The minimum atomic E-state index is -0.997. The number of halogens is 6. The molecule has 8 aromatic carbocycles. The van der Waals surface area contributed by atoms with Crippen molar-refractivity contribution in [3.05, 3.63) is 271 Å². The van der Waals surface area contributed by atoms with Gasteiger partial charge in [-0.15, -0.1) is 90.8 Å². The van der Waals surface area contributed by atoms with Gasteiger partial charge in [0.2, 0.25) is 5.82 Å². The van der Waals surface area contributed by atoms with E-state index in [1.165, 1.54) is 81.5 Å². The van der Waals surface area contributed by atoms with Crippen LogP contribution in [0.4, 0.5) is 26.3 Å². The molecular weight excluding hydrogens is 1300 g/mol. The van der Waals surface area contributed by atoms with Gasteiger partial charge in [0.05, 0.1) is 49.1 Å². The molecule has 0 aliphatic heterocycles. The standard InChI is InChI=1S/2C12H8F2.C12H14.C12H10.C11H10O2.C10H8F2O.C10H10O.C10H10.2C2H2/c1-3-5-9-7-11(13)10(6-4-2)12(14)8-9;1-3-5-9-7-8-10(6-4-2)12(14)11(9)13;2*1-3-5-11-7-9-12(6-4-2)10-8-11;1-3-4-9-5-7-10(8-6-9)11(12)13-2;1-3-4-7-5-6-8(13-2)10(12)9(7)11;1-3-4-9-5-7-10(11-2)8-6-9;1-3-4-10-7-5-9(2)6-8-10;2*1-2/h2*7-8H,1-2H3;7-10H,3,5H2,1-2H3;7-10H,1-2H3;5-8H,1-2H3;5-6H,1-2H3;5-8H,1-2H3;5-8H,1-2H3;2*1-2H. The fourth-order valence-corrected chi connectivity index (χ4v) is 7.63. The zero-order valence-corrected chi connectivity index (χ0v) is 61.1. The SMILES string of the molecule is C#C.C#C.CC#Cc1cc(F)c(C#CC)c(F)c1.CC#Cc1ccc(C#CC)c(F)c1F.CC#Cc1ccc(C#CC)cc1.CC#Cc1ccc(C(=O)OC)cc1.CC#Cc1ccc(C)cc1.CC#Cc1ccc(CCC)cc1.CC#Cc1ccc(OC)c(F)c1F.CC#Cc1ccc(OC)cc1. The lowest BCUT2D eigenvalue weighted by Gasteiger charge is -2.02. The van der Waals surface area contributed by atoms with Crippen LogP contribution in [0, 0.1) is 198 Å². The Bertz CT molecular complexity index is 4640. The minimum absolute atomic E-state index is 0.0424. The number of ether oxygens (including phenoxy) is 3. The minimum Gasteiger partial charge on any atom is -0.497 e. The first kappa shape index (κ1) is 91.7. The lowest BCUT2D eigenvalue weighted by molar-refractivity contribution is 0.0600. The topological polar surface area (TPSA) is 44.8 Å². The summed E-state index contributed by atoms with van der Waals surface area (Å²) < 4.78 is 93.1. The van der Waals surface area contributed by atoms with Crippen molar-refractivity contribution in [3.63, 3.8) is 0 Å². The van der Waals surface area contributed by atoms with Crippen molar-refractivity contribution >= 4 is 5.97 Å². The van der Waals surface area contributed by atoms with Crippen LogP contribution in [0.1, 0.15) is 172 Å². The van der Waals surface area contributed by atoms with E-state index < -0.39 is 34.9 Å². The summed E-state index contributed by atoms with van der Waals surface area (Å²) in [4.78, 5) is 11.0. The van der Waals surface area contributed by atoms with Crippen molar-refractivity contribution in [1.82, 2.24) is 0 Å². The Morgan fingerprint density at radius 1 is 0.350 bits per heavy atom. The Balaban J connectivity index is 0. The summed E-state index contributed by atoms with van der Waals surface area (Å²) in [5.74, 6) is 55.0. The maximum absolute atomic E-state index is 13.2. The zero-order chi connectivity index (χ0) is 77.8. The summed E-state index contributed by atoms with van der Waals surface area (Å²) in [6, 6.07) is 47.2. The van der Waals surface area contributed by atoms with Crippen molar-refractivity contribution in [2.24, 2.45) is 0 Å². The highest BCUT2D eigenvalue weighted by Crippen LogP contribution is 2.22. The molecule has 0 aromatic heterocycles. The van der Waals surface area contributed by atoms with Gasteiger partial charge in [-0.2, -0.15) is 4.39 Å².